The van der Waals surface area contributed by atoms with E-state index in [1.807, 2.05) is 19.1 Å². The van der Waals surface area contributed by atoms with Gasteiger partial charge in [0.15, 0.2) is 6.61 Å². The van der Waals surface area contributed by atoms with Gasteiger partial charge < -0.3 is 19.8 Å². The highest BCUT2D eigenvalue weighted by Crippen LogP contribution is 2.35. The van der Waals surface area contributed by atoms with E-state index < -0.39 is 0 Å². The lowest BCUT2D eigenvalue weighted by Gasteiger charge is -2.46. The number of amides is 1. The van der Waals surface area contributed by atoms with Gasteiger partial charge in [-0.15, -0.1) is 0 Å². The maximum Gasteiger partial charge on any atom is 0.339 e. The third kappa shape index (κ3) is 4.24. The third-order valence-corrected chi connectivity index (χ3v) is 6.09. The molecule has 1 amide bonds. The van der Waals surface area contributed by atoms with Crippen molar-refractivity contribution in [3.8, 4) is 5.75 Å². The minimum Gasteiger partial charge on any atom is -0.483 e. The van der Waals surface area contributed by atoms with Gasteiger partial charge in [-0.1, -0.05) is 0 Å². The van der Waals surface area contributed by atoms with Crippen molar-refractivity contribution in [1.29, 1.82) is 0 Å². The molecule has 1 aromatic heterocycles. The largest absolute Gasteiger partial charge is 0.483 e. The number of hydrogen-bond acceptors (Lipinski definition) is 5. The van der Waals surface area contributed by atoms with Crippen LogP contribution in [0.5, 0.6) is 5.75 Å². The van der Waals surface area contributed by atoms with E-state index in [4.69, 9.17) is 9.15 Å². The summed E-state index contributed by atoms with van der Waals surface area (Å²) in [5, 5.41) is 7.61. The van der Waals surface area contributed by atoms with Crippen LogP contribution in [0.25, 0.3) is 11.0 Å². The molecule has 1 saturated heterocycles. The Labute approximate surface area is 177 Å². The molecule has 0 spiro atoms. The standard InChI is InChI=1S/C24H32N2O4/c1-14-9-18(21-16-7-6-8-17(16)22(28)30-19(21)10-14)29-13-20(27)25-15-11-23(2,3)26-24(4,5)12-15/h9-10,15,26H,6-8,11-13H2,1-5H3,(H,25,27). The van der Waals surface area contributed by atoms with Crippen LogP contribution in [0.15, 0.2) is 21.3 Å². The van der Waals surface area contributed by atoms with Gasteiger partial charge in [0, 0.05) is 22.7 Å². The molecular formula is C24H32N2O4. The molecule has 0 radical (unpaired) electrons. The summed E-state index contributed by atoms with van der Waals surface area (Å²) in [5.74, 6) is 0.491. The summed E-state index contributed by atoms with van der Waals surface area (Å²) in [7, 11) is 0. The Hall–Kier alpha value is -2.34. The number of hydrogen-bond donors (Lipinski definition) is 2. The average Bonchev–Trinajstić information content (AvgIpc) is 3.06. The van der Waals surface area contributed by atoms with Crippen molar-refractivity contribution in [2.45, 2.75) is 83.8 Å². The van der Waals surface area contributed by atoms with Gasteiger partial charge in [0.1, 0.15) is 11.3 Å². The molecule has 2 aromatic rings. The first-order chi connectivity index (χ1) is 14.0. The molecule has 1 aliphatic heterocycles. The molecule has 2 aliphatic rings. The van der Waals surface area contributed by atoms with E-state index in [1.165, 1.54) is 0 Å². The number of piperidine rings is 1. The molecule has 6 heteroatoms. The zero-order valence-corrected chi connectivity index (χ0v) is 18.6. The highest BCUT2D eigenvalue weighted by atomic mass is 16.5. The smallest absolute Gasteiger partial charge is 0.339 e. The second-order valence-corrected chi connectivity index (χ2v) is 10.2. The molecule has 0 unspecified atom stereocenters. The molecule has 1 aliphatic carbocycles. The number of rotatable bonds is 4. The van der Waals surface area contributed by atoms with Crippen molar-refractivity contribution in [1.82, 2.24) is 10.6 Å². The van der Waals surface area contributed by atoms with Crippen LogP contribution in [-0.4, -0.2) is 29.6 Å². The monoisotopic (exact) mass is 412 g/mol. The Morgan fingerprint density at radius 2 is 1.83 bits per heavy atom. The molecule has 2 heterocycles. The van der Waals surface area contributed by atoms with E-state index in [2.05, 4.69) is 38.3 Å². The van der Waals surface area contributed by atoms with Gasteiger partial charge in [0.25, 0.3) is 5.91 Å². The molecule has 30 heavy (non-hydrogen) atoms. The van der Waals surface area contributed by atoms with E-state index in [0.717, 1.165) is 54.2 Å². The van der Waals surface area contributed by atoms with Crippen LogP contribution in [0, 0.1) is 6.92 Å². The molecule has 2 N–H and O–H groups in total. The molecule has 162 valence electrons. The molecular weight excluding hydrogens is 380 g/mol. The van der Waals surface area contributed by atoms with E-state index >= 15 is 0 Å². The van der Waals surface area contributed by atoms with Crippen molar-refractivity contribution in [3.05, 3.63) is 39.2 Å². The Balaban J connectivity index is 1.52. The number of fused-ring (bicyclic) bond motifs is 3. The van der Waals surface area contributed by atoms with Crippen molar-refractivity contribution < 1.29 is 13.9 Å². The van der Waals surface area contributed by atoms with Gasteiger partial charge in [-0.2, -0.15) is 0 Å². The van der Waals surface area contributed by atoms with Crippen LogP contribution >= 0.6 is 0 Å². The van der Waals surface area contributed by atoms with Crippen molar-refractivity contribution in [3.63, 3.8) is 0 Å². The maximum atomic E-state index is 12.7. The van der Waals surface area contributed by atoms with E-state index in [1.54, 1.807) is 0 Å². The van der Waals surface area contributed by atoms with E-state index in [-0.39, 0.29) is 35.3 Å². The van der Waals surface area contributed by atoms with Crippen LogP contribution in [0.2, 0.25) is 0 Å². The lowest BCUT2D eigenvalue weighted by Crippen LogP contribution is -2.62. The quantitative estimate of drug-likeness (QED) is 0.753. The van der Waals surface area contributed by atoms with Gasteiger partial charge in [-0.05, 0) is 90.0 Å². The molecule has 0 bridgehead atoms. The minimum atomic E-state index is -0.250. The lowest BCUT2D eigenvalue weighted by atomic mass is 9.79. The second kappa shape index (κ2) is 7.41. The van der Waals surface area contributed by atoms with Crippen molar-refractivity contribution in [2.24, 2.45) is 0 Å². The highest BCUT2D eigenvalue weighted by Gasteiger charge is 2.38. The Morgan fingerprint density at radius 1 is 1.17 bits per heavy atom. The predicted molar refractivity (Wildman–Crippen MR) is 117 cm³/mol. The summed E-state index contributed by atoms with van der Waals surface area (Å²) in [6.45, 7) is 10.5. The van der Waals surface area contributed by atoms with Crippen LogP contribution in [0.4, 0.5) is 0 Å². The number of aryl methyl sites for hydroxylation is 2. The van der Waals surface area contributed by atoms with Crippen LogP contribution in [0.3, 0.4) is 0 Å². The first kappa shape index (κ1) is 20.9. The topological polar surface area (TPSA) is 80.6 Å². The lowest BCUT2D eigenvalue weighted by molar-refractivity contribution is -0.124. The maximum absolute atomic E-state index is 12.7. The zero-order chi connectivity index (χ0) is 21.7. The summed E-state index contributed by atoms with van der Waals surface area (Å²) in [6, 6.07) is 3.88. The van der Waals surface area contributed by atoms with Crippen LogP contribution < -0.4 is 21.0 Å². The number of ether oxygens (including phenoxy) is 1. The highest BCUT2D eigenvalue weighted by molar-refractivity contribution is 5.89. The SMILES string of the molecule is Cc1cc(OCC(=O)NC2CC(C)(C)NC(C)(C)C2)c2c3c(c(=O)oc2c1)CCC3. The molecule has 0 atom stereocenters. The molecule has 1 aromatic carbocycles. The molecule has 0 saturated carbocycles. The van der Waals surface area contributed by atoms with Crippen molar-refractivity contribution >= 4 is 16.9 Å². The number of nitrogens with one attached hydrogen (secondary N) is 2. The summed E-state index contributed by atoms with van der Waals surface area (Å²) >= 11 is 0. The number of carbonyl (C=O) groups is 1. The van der Waals surface area contributed by atoms with E-state index in [0.29, 0.717) is 11.3 Å². The summed E-state index contributed by atoms with van der Waals surface area (Å²) in [5.41, 5.74) is 2.91. The third-order valence-electron chi connectivity index (χ3n) is 6.09. The second-order valence-electron chi connectivity index (χ2n) is 10.2. The fourth-order valence-corrected chi connectivity index (χ4v) is 5.46. The summed E-state index contributed by atoms with van der Waals surface area (Å²) in [6.07, 6.45) is 4.25. The Morgan fingerprint density at radius 3 is 2.53 bits per heavy atom. The van der Waals surface area contributed by atoms with Crippen LogP contribution in [-0.2, 0) is 17.6 Å². The normalized spacial score (nSPS) is 20.2. The first-order valence-corrected chi connectivity index (χ1v) is 10.8. The first-order valence-electron chi connectivity index (χ1n) is 10.8. The summed E-state index contributed by atoms with van der Waals surface area (Å²) < 4.78 is 11.5. The number of carbonyl (C=O) groups excluding carboxylic acids is 1. The molecule has 4 rings (SSSR count). The fraction of sp³-hybridized carbons (Fsp3) is 0.583. The van der Waals surface area contributed by atoms with E-state index in [9.17, 15) is 9.59 Å². The van der Waals surface area contributed by atoms with Gasteiger partial charge in [0.2, 0.25) is 0 Å². The minimum absolute atomic E-state index is 0.0363. The average molecular weight is 413 g/mol. The number of benzene rings is 1. The van der Waals surface area contributed by atoms with Gasteiger partial charge >= 0.3 is 5.63 Å². The van der Waals surface area contributed by atoms with Crippen molar-refractivity contribution in [2.75, 3.05) is 6.61 Å². The Bertz CT molecular complexity index is 1040. The molecule has 1 fully saturated rings. The summed E-state index contributed by atoms with van der Waals surface area (Å²) in [4.78, 5) is 24.9. The van der Waals surface area contributed by atoms with Crippen LogP contribution in [0.1, 0.15) is 63.6 Å². The van der Waals surface area contributed by atoms with Gasteiger partial charge in [0.05, 0.1) is 5.39 Å². The zero-order valence-electron chi connectivity index (χ0n) is 18.6. The Kier molecular flexibility index (Phi) is 5.17. The molecule has 6 nitrogen and oxygen atoms in total. The predicted octanol–water partition coefficient (Wildman–Crippen LogP) is 3.39. The van der Waals surface area contributed by atoms with Gasteiger partial charge in [-0.25, -0.2) is 4.79 Å². The van der Waals surface area contributed by atoms with Gasteiger partial charge in [-0.3, -0.25) is 4.79 Å². The fourth-order valence-electron chi connectivity index (χ4n) is 5.46.